The minimum atomic E-state index is -0.398. The van der Waals surface area contributed by atoms with E-state index in [1.807, 2.05) is 74.5 Å². The Morgan fingerprint density at radius 3 is 2.46 bits per heavy atom. The van der Waals surface area contributed by atoms with Gasteiger partial charge in [0.15, 0.2) is 11.3 Å². The molecule has 2 heterocycles. The van der Waals surface area contributed by atoms with Crippen LogP contribution < -0.4 is 15.6 Å². The van der Waals surface area contributed by atoms with Crippen molar-refractivity contribution < 1.29 is 13.9 Å². The molecule has 1 saturated heterocycles. The molecular weight excluding hydrogens is 488 g/mol. The van der Waals surface area contributed by atoms with Crippen molar-refractivity contribution in [2.75, 3.05) is 23.3 Å². The van der Waals surface area contributed by atoms with E-state index < -0.39 is 5.97 Å². The molecule has 1 aliphatic rings. The van der Waals surface area contributed by atoms with Crippen LogP contribution in [0.4, 0.5) is 11.6 Å². The molecule has 5 rings (SSSR count). The number of fused-ring (bicyclic) bond motifs is 1. The number of para-hydroxylation sites is 1. The van der Waals surface area contributed by atoms with Gasteiger partial charge in [0.1, 0.15) is 12.2 Å². The van der Waals surface area contributed by atoms with Gasteiger partial charge in [-0.25, -0.2) is 4.79 Å². The van der Waals surface area contributed by atoms with Crippen LogP contribution in [0, 0.1) is 12.3 Å². The third-order valence-electron chi connectivity index (χ3n) is 7.62. The summed E-state index contributed by atoms with van der Waals surface area (Å²) in [6.07, 6.45) is 2.09. The molecule has 1 aromatic heterocycles. The van der Waals surface area contributed by atoms with Crippen molar-refractivity contribution in [3.05, 3.63) is 105 Å². The average molecular weight is 525 g/mol. The normalized spacial score (nSPS) is 15.6. The summed E-state index contributed by atoms with van der Waals surface area (Å²) in [5.41, 5.74) is 4.72. The first kappa shape index (κ1) is 26.5. The standard InChI is InChI=1S/C33H36N2O4/c1-22-18-26(31-27(19-22)29(36)20-30(39-31)35-16-14-33(3,4)15-17-35)23(2)34-28-13-9-8-12-25(28)32(37)38-21-24-10-6-5-7-11-24/h5-13,18-20,23,34H,14-17,21H2,1-4H3. The predicted octanol–water partition coefficient (Wildman–Crippen LogP) is 7.26. The number of nitrogens with zero attached hydrogens (tertiary/aromatic N) is 1. The summed E-state index contributed by atoms with van der Waals surface area (Å²) < 4.78 is 12.1. The van der Waals surface area contributed by atoms with Gasteiger partial charge in [-0.05, 0) is 61.4 Å². The number of anilines is 2. The molecular formula is C33H36N2O4. The van der Waals surface area contributed by atoms with Gasteiger partial charge in [0.05, 0.1) is 17.0 Å². The third-order valence-corrected chi connectivity index (χ3v) is 7.62. The number of carbonyl (C=O) groups is 1. The molecule has 202 valence electrons. The minimum absolute atomic E-state index is 0.0434. The van der Waals surface area contributed by atoms with Crippen LogP contribution in [-0.2, 0) is 11.3 Å². The molecule has 0 spiro atoms. The Hall–Kier alpha value is -4.06. The van der Waals surface area contributed by atoms with Crippen molar-refractivity contribution >= 4 is 28.5 Å². The smallest absolute Gasteiger partial charge is 0.340 e. The lowest BCUT2D eigenvalue weighted by atomic mass is 9.83. The Morgan fingerprint density at radius 1 is 1.03 bits per heavy atom. The van der Waals surface area contributed by atoms with Gasteiger partial charge in [0, 0.05) is 30.4 Å². The van der Waals surface area contributed by atoms with Crippen molar-refractivity contribution in [2.24, 2.45) is 5.41 Å². The summed E-state index contributed by atoms with van der Waals surface area (Å²) in [6.45, 7) is 10.5. The van der Waals surface area contributed by atoms with E-state index in [-0.39, 0.29) is 18.1 Å². The molecule has 1 atom stereocenters. The van der Waals surface area contributed by atoms with Crippen LogP contribution in [0.1, 0.15) is 66.7 Å². The SMILES string of the molecule is Cc1cc(C(C)Nc2ccccc2C(=O)OCc2ccccc2)c2oc(N3CCC(C)(C)CC3)cc(=O)c2c1. The summed E-state index contributed by atoms with van der Waals surface area (Å²) in [5.74, 6) is 0.218. The quantitative estimate of drug-likeness (QED) is 0.257. The van der Waals surface area contributed by atoms with Crippen LogP contribution in [0.25, 0.3) is 11.0 Å². The molecule has 1 N–H and O–H groups in total. The van der Waals surface area contributed by atoms with Crippen molar-refractivity contribution in [3.8, 4) is 0 Å². The molecule has 0 radical (unpaired) electrons. The molecule has 39 heavy (non-hydrogen) atoms. The molecule has 6 nitrogen and oxygen atoms in total. The Kier molecular flexibility index (Phi) is 7.47. The lowest BCUT2D eigenvalue weighted by Crippen LogP contribution is -2.37. The number of piperidine rings is 1. The molecule has 0 bridgehead atoms. The van der Waals surface area contributed by atoms with Gasteiger partial charge >= 0.3 is 5.97 Å². The van der Waals surface area contributed by atoms with Crippen LogP contribution in [0.3, 0.4) is 0 Å². The van der Waals surface area contributed by atoms with Crippen molar-refractivity contribution in [1.29, 1.82) is 0 Å². The maximum atomic E-state index is 13.2. The van der Waals surface area contributed by atoms with E-state index in [1.165, 1.54) is 0 Å². The van der Waals surface area contributed by atoms with Gasteiger partial charge in [-0.1, -0.05) is 62.4 Å². The van der Waals surface area contributed by atoms with Crippen molar-refractivity contribution in [1.82, 2.24) is 0 Å². The van der Waals surface area contributed by atoms with Gasteiger partial charge in [-0.15, -0.1) is 0 Å². The lowest BCUT2D eigenvalue weighted by Gasteiger charge is -2.37. The highest BCUT2D eigenvalue weighted by atomic mass is 16.5. The number of hydrogen-bond donors (Lipinski definition) is 1. The van der Waals surface area contributed by atoms with Crippen LogP contribution in [0.15, 0.2) is 82.0 Å². The summed E-state index contributed by atoms with van der Waals surface area (Å²) in [7, 11) is 0. The van der Waals surface area contributed by atoms with Crippen LogP contribution in [-0.4, -0.2) is 19.1 Å². The van der Waals surface area contributed by atoms with E-state index >= 15 is 0 Å². The number of nitrogens with one attached hydrogen (secondary N) is 1. The van der Waals surface area contributed by atoms with Crippen LogP contribution >= 0.6 is 0 Å². The van der Waals surface area contributed by atoms with Crippen molar-refractivity contribution in [3.63, 3.8) is 0 Å². The van der Waals surface area contributed by atoms with Gasteiger partial charge < -0.3 is 19.4 Å². The Labute approximate surface area is 229 Å². The highest BCUT2D eigenvalue weighted by molar-refractivity contribution is 5.95. The predicted molar refractivity (Wildman–Crippen MR) is 156 cm³/mol. The molecule has 0 amide bonds. The molecule has 4 aromatic rings. The molecule has 1 fully saturated rings. The number of rotatable bonds is 7. The van der Waals surface area contributed by atoms with E-state index in [1.54, 1.807) is 12.1 Å². The number of ether oxygens (including phenoxy) is 1. The van der Waals surface area contributed by atoms with Gasteiger partial charge in [0.2, 0.25) is 0 Å². The van der Waals surface area contributed by atoms with E-state index in [2.05, 4.69) is 24.1 Å². The van der Waals surface area contributed by atoms with Crippen molar-refractivity contribution in [2.45, 2.75) is 53.2 Å². The topological polar surface area (TPSA) is 71.8 Å². The fourth-order valence-corrected chi connectivity index (χ4v) is 5.13. The lowest BCUT2D eigenvalue weighted by molar-refractivity contribution is 0.0474. The summed E-state index contributed by atoms with van der Waals surface area (Å²) in [6, 6.07) is 22.3. The van der Waals surface area contributed by atoms with Crippen LogP contribution in [0.2, 0.25) is 0 Å². The Morgan fingerprint density at radius 2 is 1.72 bits per heavy atom. The summed E-state index contributed by atoms with van der Waals surface area (Å²) in [5, 5.41) is 4.04. The number of carbonyl (C=O) groups excluding carboxylic acids is 1. The number of benzene rings is 3. The van der Waals surface area contributed by atoms with E-state index in [0.717, 1.165) is 42.6 Å². The second-order valence-electron chi connectivity index (χ2n) is 11.3. The highest BCUT2D eigenvalue weighted by Crippen LogP contribution is 2.34. The molecule has 1 unspecified atom stereocenters. The van der Waals surface area contributed by atoms with Crippen LogP contribution in [0.5, 0.6) is 0 Å². The second kappa shape index (κ2) is 11.0. The first-order valence-electron chi connectivity index (χ1n) is 13.6. The Bertz CT molecular complexity index is 1530. The minimum Gasteiger partial charge on any atom is -0.457 e. The van der Waals surface area contributed by atoms with Gasteiger partial charge in [-0.3, -0.25) is 4.79 Å². The zero-order chi connectivity index (χ0) is 27.6. The van der Waals surface area contributed by atoms with E-state index in [0.29, 0.717) is 33.5 Å². The average Bonchev–Trinajstić information content (AvgIpc) is 2.92. The molecule has 0 saturated carbocycles. The zero-order valence-corrected chi connectivity index (χ0v) is 23.1. The summed E-state index contributed by atoms with van der Waals surface area (Å²) in [4.78, 5) is 28.4. The molecule has 0 aliphatic carbocycles. The zero-order valence-electron chi connectivity index (χ0n) is 23.1. The maximum Gasteiger partial charge on any atom is 0.340 e. The first-order valence-corrected chi connectivity index (χ1v) is 13.6. The second-order valence-corrected chi connectivity index (χ2v) is 11.3. The van der Waals surface area contributed by atoms with E-state index in [9.17, 15) is 9.59 Å². The first-order chi connectivity index (χ1) is 18.7. The molecule has 3 aromatic carbocycles. The third kappa shape index (κ3) is 6.00. The summed E-state index contributed by atoms with van der Waals surface area (Å²) >= 11 is 0. The Balaban J connectivity index is 1.43. The highest BCUT2D eigenvalue weighted by Gasteiger charge is 2.27. The fourth-order valence-electron chi connectivity index (χ4n) is 5.13. The van der Waals surface area contributed by atoms with E-state index in [4.69, 9.17) is 9.15 Å². The fraction of sp³-hybridized carbons (Fsp3) is 0.333. The van der Waals surface area contributed by atoms with Gasteiger partial charge in [-0.2, -0.15) is 0 Å². The largest absolute Gasteiger partial charge is 0.457 e. The van der Waals surface area contributed by atoms with Gasteiger partial charge in [0.25, 0.3) is 0 Å². The number of hydrogen-bond acceptors (Lipinski definition) is 6. The maximum absolute atomic E-state index is 13.2. The number of esters is 1. The monoisotopic (exact) mass is 524 g/mol. The molecule has 1 aliphatic heterocycles. The number of aryl methyl sites for hydroxylation is 1. The molecule has 6 heteroatoms.